The van der Waals surface area contributed by atoms with Crippen molar-refractivity contribution in [3.8, 4) is 17.6 Å². The Morgan fingerprint density at radius 1 is 0.970 bits per heavy atom. The third-order valence-electron chi connectivity index (χ3n) is 6.42. The fraction of sp³-hybridized carbons (Fsp3) is 0.407. The van der Waals surface area contributed by atoms with E-state index in [1.165, 1.54) is 31.2 Å². The summed E-state index contributed by atoms with van der Waals surface area (Å²) >= 11 is 0. The van der Waals surface area contributed by atoms with Crippen LogP contribution in [0.5, 0.6) is 5.75 Å². The topological polar surface area (TPSA) is 53.5 Å². The Kier molecular flexibility index (Phi) is 6.59. The van der Waals surface area contributed by atoms with Gasteiger partial charge in [0.1, 0.15) is 11.6 Å². The molecule has 6 heteroatoms. The number of nitrogens with zero attached hydrogens (tertiary/aromatic N) is 4. The predicted octanol–water partition coefficient (Wildman–Crippen LogP) is 4.30. The summed E-state index contributed by atoms with van der Waals surface area (Å²) in [6.07, 6.45) is 4.92. The number of methoxy groups -OCH3 is 1. The van der Waals surface area contributed by atoms with Gasteiger partial charge in [-0.2, -0.15) is 4.98 Å². The van der Waals surface area contributed by atoms with Crippen molar-refractivity contribution in [1.29, 1.82) is 0 Å². The third kappa shape index (κ3) is 5.04. The number of aromatic nitrogens is 2. The molecule has 0 radical (unpaired) electrons. The van der Waals surface area contributed by atoms with Crippen molar-refractivity contribution in [2.45, 2.75) is 32.2 Å². The van der Waals surface area contributed by atoms with E-state index in [4.69, 9.17) is 14.7 Å². The lowest BCUT2D eigenvalue weighted by molar-refractivity contribution is 0.383. The summed E-state index contributed by atoms with van der Waals surface area (Å²) < 4.78 is 5.71. The second-order valence-corrected chi connectivity index (χ2v) is 8.76. The van der Waals surface area contributed by atoms with Crippen molar-refractivity contribution in [2.75, 3.05) is 50.1 Å². The zero-order valence-electron chi connectivity index (χ0n) is 19.3. The first-order valence-electron chi connectivity index (χ1n) is 11.9. The smallest absolute Gasteiger partial charge is 0.227 e. The molecule has 3 heterocycles. The monoisotopic (exact) mass is 441 g/mol. The van der Waals surface area contributed by atoms with Crippen LogP contribution < -0.4 is 15.0 Å². The van der Waals surface area contributed by atoms with Crippen LogP contribution in [-0.2, 0) is 6.54 Å². The Balaban J connectivity index is 1.50. The number of ether oxygens (including phenoxy) is 1. The molecule has 1 aromatic heterocycles. The Labute approximate surface area is 196 Å². The number of fused-ring (bicyclic) bond motifs is 1. The van der Waals surface area contributed by atoms with Gasteiger partial charge in [-0.25, -0.2) is 4.98 Å². The van der Waals surface area contributed by atoms with Crippen molar-refractivity contribution in [1.82, 2.24) is 14.9 Å². The van der Waals surface area contributed by atoms with Crippen LogP contribution in [0, 0.1) is 11.8 Å². The molecule has 2 fully saturated rings. The molecule has 2 aliphatic heterocycles. The maximum absolute atomic E-state index is 5.71. The highest BCUT2D eigenvalue weighted by molar-refractivity contribution is 5.92. The molecule has 3 aromatic rings. The number of rotatable bonds is 6. The summed E-state index contributed by atoms with van der Waals surface area (Å²) in [6, 6.07) is 14.5. The summed E-state index contributed by atoms with van der Waals surface area (Å²) in [5.74, 6) is 9.06. The summed E-state index contributed by atoms with van der Waals surface area (Å²) in [5.41, 5.74) is 2.99. The lowest BCUT2D eigenvalue weighted by Crippen LogP contribution is -2.21. The molecule has 0 spiro atoms. The fourth-order valence-corrected chi connectivity index (χ4v) is 4.57. The highest BCUT2D eigenvalue weighted by Gasteiger charge is 2.19. The minimum atomic E-state index is 0.700. The molecule has 33 heavy (non-hydrogen) atoms. The number of anilines is 2. The molecule has 0 atom stereocenters. The van der Waals surface area contributed by atoms with E-state index >= 15 is 0 Å². The second kappa shape index (κ2) is 10.1. The molecule has 0 saturated carbocycles. The first-order chi connectivity index (χ1) is 16.3. The van der Waals surface area contributed by atoms with Gasteiger partial charge in [-0.1, -0.05) is 42.2 Å². The first-order valence-corrected chi connectivity index (χ1v) is 11.9. The molecule has 0 unspecified atom stereocenters. The number of likely N-dealkylation sites (tertiary alicyclic amines) is 1. The largest absolute Gasteiger partial charge is 0.495 e. The minimum absolute atomic E-state index is 0.700. The molecule has 0 bridgehead atoms. The maximum Gasteiger partial charge on any atom is 0.227 e. The SMILES string of the molecule is COc1cc2c(NCc3ccccc3)nc(N3CCCC3)nc2cc1C#CCN1CCCC1. The van der Waals surface area contributed by atoms with Gasteiger partial charge in [0.15, 0.2) is 0 Å². The molecule has 2 aliphatic rings. The zero-order chi connectivity index (χ0) is 22.5. The molecule has 2 saturated heterocycles. The van der Waals surface area contributed by atoms with Crippen LogP contribution >= 0.6 is 0 Å². The summed E-state index contributed by atoms with van der Waals surface area (Å²) in [4.78, 5) is 14.5. The second-order valence-electron chi connectivity index (χ2n) is 8.76. The number of benzene rings is 2. The number of hydrogen-bond donors (Lipinski definition) is 1. The van der Waals surface area contributed by atoms with E-state index in [0.29, 0.717) is 6.54 Å². The van der Waals surface area contributed by atoms with Gasteiger partial charge in [0.2, 0.25) is 5.95 Å². The van der Waals surface area contributed by atoms with Crippen molar-refractivity contribution >= 4 is 22.7 Å². The molecule has 1 N–H and O–H groups in total. The van der Waals surface area contributed by atoms with Gasteiger partial charge in [0, 0.05) is 25.0 Å². The summed E-state index contributed by atoms with van der Waals surface area (Å²) in [5, 5.41) is 4.50. The molecule has 0 amide bonds. The minimum Gasteiger partial charge on any atom is -0.495 e. The van der Waals surface area contributed by atoms with Crippen molar-refractivity contribution in [3.05, 3.63) is 53.6 Å². The van der Waals surface area contributed by atoms with Crippen LogP contribution in [0.25, 0.3) is 10.9 Å². The van der Waals surface area contributed by atoms with Crippen molar-refractivity contribution in [2.24, 2.45) is 0 Å². The van der Waals surface area contributed by atoms with Crippen molar-refractivity contribution < 1.29 is 4.74 Å². The van der Waals surface area contributed by atoms with Gasteiger partial charge in [-0.3, -0.25) is 4.90 Å². The molecule has 170 valence electrons. The molecular formula is C27H31N5O. The highest BCUT2D eigenvalue weighted by atomic mass is 16.5. The van der Waals surface area contributed by atoms with E-state index in [1.807, 2.05) is 12.1 Å². The quantitative estimate of drug-likeness (QED) is 0.576. The van der Waals surface area contributed by atoms with Crippen LogP contribution in [0.1, 0.15) is 36.8 Å². The summed E-state index contributed by atoms with van der Waals surface area (Å²) in [7, 11) is 1.70. The Morgan fingerprint density at radius 2 is 1.73 bits per heavy atom. The predicted molar refractivity (Wildman–Crippen MR) is 134 cm³/mol. The van der Waals surface area contributed by atoms with Crippen LogP contribution in [0.15, 0.2) is 42.5 Å². The van der Waals surface area contributed by atoms with E-state index < -0.39 is 0 Å². The summed E-state index contributed by atoms with van der Waals surface area (Å²) in [6.45, 7) is 5.79. The van der Waals surface area contributed by atoms with E-state index in [9.17, 15) is 0 Å². The molecule has 2 aromatic carbocycles. The maximum atomic E-state index is 5.71. The molecular weight excluding hydrogens is 410 g/mol. The van der Waals surface area contributed by atoms with Gasteiger partial charge in [-0.05, 0) is 56.5 Å². The van der Waals surface area contributed by atoms with Gasteiger partial charge in [-0.15, -0.1) is 0 Å². The van der Waals surface area contributed by atoms with Crippen LogP contribution in [-0.4, -0.2) is 54.7 Å². The average molecular weight is 442 g/mol. The average Bonchev–Trinajstić information content (AvgIpc) is 3.57. The highest BCUT2D eigenvalue weighted by Crippen LogP contribution is 2.31. The van der Waals surface area contributed by atoms with Crippen LogP contribution in [0.3, 0.4) is 0 Å². The normalized spacial score (nSPS) is 16.1. The molecule has 0 aliphatic carbocycles. The number of nitrogens with one attached hydrogen (secondary N) is 1. The van der Waals surface area contributed by atoms with Crippen molar-refractivity contribution in [3.63, 3.8) is 0 Å². The Bertz CT molecular complexity index is 1160. The lowest BCUT2D eigenvalue weighted by atomic mass is 10.1. The van der Waals surface area contributed by atoms with Gasteiger partial charge < -0.3 is 15.0 Å². The van der Waals surface area contributed by atoms with Gasteiger partial charge >= 0.3 is 0 Å². The fourth-order valence-electron chi connectivity index (χ4n) is 4.57. The standard InChI is InChI=1S/C27H31N5O/c1-33-25-19-23-24(18-22(25)12-9-15-31-13-5-6-14-31)29-27(32-16-7-8-17-32)30-26(23)28-20-21-10-3-2-4-11-21/h2-4,10-11,18-19H,5-8,13-17,20H2,1H3,(H,28,29,30). The van der Waals surface area contributed by atoms with E-state index in [0.717, 1.165) is 66.7 Å². The van der Waals surface area contributed by atoms with E-state index in [-0.39, 0.29) is 0 Å². The molecule has 5 rings (SSSR count). The van der Waals surface area contributed by atoms with E-state index in [1.54, 1.807) is 7.11 Å². The van der Waals surface area contributed by atoms with Gasteiger partial charge in [0.05, 0.1) is 24.7 Å². The number of hydrogen-bond acceptors (Lipinski definition) is 6. The molecule has 6 nitrogen and oxygen atoms in total. The first kappa shape index (κ1) is 21.5. The van der Waals surface area contributed by atoms with Crippen LogP contribution in [0.4, 0.5) is 11.8 Å². The Morgan fingerprint density at radius 3 is 2.48 bits per heavy atom. The van der Waals surface area contributed by atoms with Crippen LogP contribution in [0.2, 0.25) is 0 Å². The third-order valence-corrected chi connectivity index (χ3v) is 6.42. The Hall–Kier alpha value is -3.30. The lowest BCUT2D eigenvalue weighted by Gasteiger charge is -2.18. The van der Waals surface area contributed by atoms with Gasteiger partial charge in [0.25, 0.3) is 0 Å². The van der Waals surface area contributed by atoms with E-state index in [2.05, 4.69) is 57.3 Å². The zero-order valence-corrected chi connectivity index (χ0v) is 19.3.